The van der Waals surface area contributed by atoms with Gasteiger partial charge in [-0.1, -0.05) is 0 Å². The molecule has 5 rings (SSSR count). The number of aryl methyl sites for hydroxylation is 1. The zero-order valence-corrected chi connectivity index (χ0v) is 16.0. The summed E-state index contributed by atoms with van der Waals surface area (Å²) in [6.07, 6.45) is 0.830. The number of cyclic esters (lactones) is 1. The largest absolute Gasteiger partial charge is 0.453 e. The summed E-state index contributed by atoms with van der Waals surface area (Å²) in [5, 5.41) is 6.97. The molecule has 1 saturated heterocycles. The van der Waals surface area contributed by atoms with Crippen LogP contribution in [0.2, 0.25) is 0 Å². The minimum absolute atomic E-state index is 0.135. The van der Waals surface area contributed by atoms with Crippen LogP contribution in [0.25, 0.3) is 0 Å². The lowest BCUT2D eigenvalue weighted by Gasteiger charge is -2.20. The molecule has 1 unspecified atom stereocenters. The van der Waals surface area contributed by atoms with Gasteiger partial charge in [-0.3, -0.25) is 9.58 Å². The van der Waals surface area contributed by atoms with Gasteiger partial charge in [-0.2, -0.15) is 5.10 Å². The number of amides is 2. The Morgan fingerprint density at radius 3 is 2.93 bits per heavy atom. The van der Waals surface area contributed by atoms with Crippen LogP contribution in [-0.2, 0) is 36.0 Å². The smallest absolute Gasteiger partial charge is 0.415 e. The molecule has 10 heteroatoms. The van der Waals surface area contributed by atoms with E-state index in [9.17, 15) is 14.0 Å². The Balaban J connectivity index is 1.38. The maximum absolute atomic E-state index is 15.0. The van der Waals surface area contributed by atoms with Gasteiger partial charge in [0.2, 0.25) is 0 Å². The number of hydrogen-bond acceptors (Lipinski definition) is 6. The van der Waals surface area contributed by atoms with Crippen LogP contribution in [0.3, 0.4) is 0 Å². The van der Waals surface area contributed by atoms with E-state index in [0.29, 0.717) is 30.9 Å². The maximum atomic E-state index is 15.0. The highest BCUT2D eigenvalue weighted by molar-refractivity contribution is 5.94. The number of carbonyl (C=O) groups excluding carboxylic acids is 2. The SMILES string of the molecule is COC(=O)NC[C@@H]1OC(=O)N2c3cc(F)c(N4Cc5cn(C)nc5C4)cc3CC12. The molecule has 2 atom stereocenters. The van der Waals surface area contributed by atoms with Gasteiger partial charge in [0.1, 0.15) is 11.9 Å². The summed E-state index contributed by atoms with van der Waals surface area (Å²) in [7, 11) is 3.14. The molecule has 9 nitrogen and oxygen atoms in total. The van der Waals surface area contributed by atoms with Crippen molar-refractivity contribution in [1.29, 1.82) is 0 Å². The summed E-state index contributed by atoms with van der Waals surface area (Å²) >= 11 is 0. The summed E-state index contributed by atoms with van der Waals surface area (Å²) in [5.74, 6) is -0.386. The third-order valence-electron chi connectivity index (χ3n) is 5.71. The second-order valence-electron chi connectivity index (χ2n) is 7.50. The molecule has 0 spiro atoms. The molecule has 3 aliphatic rings. The van der Waals surface area contributed by atoms with Crippen molar-refractivity contribution in [3.8, 4) is 0 Å². The van der Waals surface area contributed by atoms with Gasteiger partial charge in [0.15, 0.2) is 0 Å². The van der Waals surface area contributed by atoms with Crippen LogP contribution in [0.4, 0.5) is 25.4 Å². The van der Waals surface area contributed by atoms with Crippen LogP contribution in [0.1, 0.15) is 16.8 Å². The molecule has 0 bridgehead atoms. The molecule has 29 heavy (non-hydrogen) atoms. The lowest BCUT2D eigenvalue weighted by atomic mass is 10.0. The third-order valence-corrected chi connectivity index (χ3v) is 5.71. The molecule has 4 heterocycles. The molecule has 3 aliphatic heterocycles. The van der Waals surface area contributed by atoms with Crippen molar-refractivity contribution in [2.75, 3.05) is 23.5 Å². The van der Waals surface area contributed by atoms with Crippen LogP contribution in [0, 0.1) is 5.82 Å². The Bertz CT molecular complexity index is 999. The fraction of sp³-hybridized carbons (Fsp3) is 0.421. The Labute approximate surface area is 166 Å². The first-order valence-electron chi connectivity index (χ1n) is 9.35. The second kappa shape index (κ2) is 6.36. The molecular formula is C19H20FN5O4. The van der Waals surface area contributed by atoms with E-state index in [1.165, 1.54) is 18.1 Å². The first-order chi connectivity index (χ1) is 13.9. The fourth-order valence-electron chi connectivity index (χ4n) is 4.41. The van der Waals surface area contributed by atoms with Crippen molar-refractivity contribution in [2.24, 2.45) is 7.05 Å². The molecule has 0 radical (unpaired) electrons. The van der Waals surface area contributed by atoms with Crippen LogP contribution >= 0.6 is 0 Å². The van der Waals surface area contributed by atoms with E-state index < -0.39 is 18.3 Å². The van der Waals surface area contributed by atoms with Gasteiger partial charge in [0, 0.05) is 31.4 Å². The number of hydrogen-bond donors (Lipinski definition) is 1. The number of nitrogens with one attached hydrogen (secondary N) is 1. The van der Waals surface area contributed by atoms with Crippen LogP contribution in [-0.4, -0.2) is 47.8 Å². The van der Waals surface area contributed by atoms with E-state index >= 15 is 0 Å². The summed E-state index contributed by atoms with van der Waals surface area (Å²) in [6.45, 7) is 1.28. The molecule has 1 fully saturated rings. The zero-order valence-electron chi connectivity index (χ0n) is 16.0. The minimum Gasteiger partial charge on any atom is -0.453 e. The van der Waals surface area contributed by atoms with Crippen LogP contribution < -0.4 is 15.1 Å². The first-order valence-corrected chi connectivity index (χ1v) is 9.35. The number of benzene rings is 1. The number of rotatable bonds is 3. The number of fused-ring (bicyclic) bond motifs is 4. The number of aromatic nitrogens is 2. The van der Waals surface area contributed by atoms with Gasteiger partial charge in [-0.05, 0) is 18.1 Å². The normalized spacial score (nSPS) is 21.7. The monoisotopic (exact) mass is 401 g/mol. The van der Waals surface area contributed by atoms with Gasteiger partial charge in [-0.25, -0.2) is 14.0 Å². The number of anilines is 2. The summed E-state index contributed by atoms with van der Waals surface area (Å²) < 4.78 is 26.7. The molecule has 2 amide bonds. The number of nitrogens with zero attached hydrogens (tertiary/aromatic N) is 4. The van der Waals surface area contributed by atoms with Crippen LogP contribution in [0.5, 0.6) is 0 Å². The van der Waals surface area contributed by atoms with Crippen molar-refractivity contribution in [1.82, 2.24) is 15.1 Å². The fourth-order valence-corrected chi connectivity index (χ4v) is 4.41. The Hall–Kier alpha value is -3.30. The van der Waals surface area contributed by atoms with Gasteiger partial charge in [0.05, 0.1) is 43.3 Å². The number of carbonyl (C=O) groups is 2. The van der Waals surface area contributed by atoms with Crippen molar-refractivity contribution < 1.29 is 23.5 Å². The van der Waals surface area contributed by atoms with Crippen molar-refractivity contribution in [3.63, 3.8) is 0 Å². The molecule has 1 aromatic heterocycles. The highest BCUT2D eigenvalue weighted by Crippen LogP contribution is 2.42. The van der Waals surface area contributed by atoms with E-state index in [-0.39, 0.29) is 18.4 Å². The second-order valence-corrected chi connectivity index (χ2v) is 7.50. The van der Waals surface area contributed by atoms with Gasteiger partial charge in [-0.15, -0.1) is 0 Å². The zero-order chi connectivity index (χ0) is 20.3. The van der Waals surface area contributed by atoms with E-state index in [2.05, 4.69) is 15.2 Å². The van der Waals surface area contributed by atoms with E-state index in [0.717, 1.165) is 16.8 Å². The van der Waals surface area contributed by atoms with Gasteiger partial charge >= 0.3 is 12.2 Å². The molecular weight excluding hydrogens is 381 g/mol. The number of alkyl carbamates (subject to hydrolysis) is 1. The van der Waals surface area contributed by atoms with Crippen molar-refractivity contribution in [2.45, 2.75) is 31.7 Å². The average molecular weight is 401 g/mol. The minimum atomic E-state index is -0.592. The highest BCUT2D eigenvalue weighted by atomic mass is 19.1. The number of halogens is 1. The summed E-state index contributed by atoms with van der Waals surface area (Å²) in [4.78, 5) is 27.1. The maximum Gasteiger partial charge on any atom is 0.415 e. The molecule has 0 saturated carbocycles. The summed E-state index contributed by atoms with van der Waals surface area (Å²) in [6, 6.07) is 2.92. The van der Waals surface area contributed by atoms with E-state index in [1.54, 1.807) is 4.68 Å². The first kappa shape index (κ1) is 17.8. The number of methoxy groups -OCH3 is 1. The quantitative estimate of drug-likeness (QED) is 0.842. The van der Waals surface area contributed by atoms with E-state index in [4.69, 9.17) is 4.74 Å². The standard InChI is InChI=1S/C19H20FN5O4/c1-23-7-11-8-24(9-13(11)22-23)15-3-10-4-16-17(6-21-18(26)28-2)29-19(27)25(16)14(10)5-12(15)20/h3,5,7,16-17H,4,6,8-9H2,1-2H3,(H,21,26)/t16?,17-/m0/s1. The van der Waals surface area contributed by atoms with Crippen LogP contribution in [0.15, 0.2) is 18.3 Å². The lowest BCUT2D eigenvalue weighted by molar-refractivity contribution is 0.123. The molecule has 152 valence electrons. The highest BCUT2D eigenvalue weighted by Gasteiger charge is 2.48. The van der Waals surface area contributed by atoms with Gasteiger partial charge < -0.3 is 19.7 Å². The van der Waals surface area contributed by atoms with Crippen molar-refractivity contribution >= 4 is 23.6 Å². The molecule has 1 N–H and O–H groups in total. The Morgan fingerprint density at radius 1 is 1.34 bits per heavy atom. The van der Waals surface area contributed by atoms with E-state index in [1.807, 2.05) is 24.2 Å². The predicted octanol–water partition coefficient (Wildman–Crippen LogP) is 1.69. The van der Waals surface area contributed by atoms with Crippen molar-refractivity contribution in [3.05, 3.63) is 41.0 Å². The third kappa shape index (κ3) is 2.78. The molecule has 1 aromatic carbocycles. The molecule has 2 aromatic rings. The lowest BCUT2D eigenvalue weighted by Crippen LogP contribution is -2.40. The average Bonchev–Trinajstić information content (AvgIpc) is 3.39. The predicted molar refractivity (Wildman–Crippen MR) is 100 cm³/mol. The summed E-state index contributed by atoms with van der Waals surface area (Å²) in [5.41, 5.74) is 3.95. The van der Waals surface area contributed by atoms with Gasteiger partial charge in [0.25, 0.3) is 0 Å². The topological polar surface area (TPSA) is 88.9 Å². The Morgan fingerprint density at radius 2 is 2.17 bits per heavy atom. The number of ether oxygens (including phenoxy) is 2. The molecule has 0 aliphatic carbocycles. The Kier molecular flexibility index (Phi) is 3.90.